The number of hydrogen-bond acceptors (Lipinski definition) is 6. The van der Waals surface area contributed by atoms with Crippen LogP contribution in [0.3, 0.4) is 0 Å². The number of carbonyl (C=O) groups excluding carboxylic acids is 1. The summed E-state index contributed by atoms with van der Waals surface area (Å²) in [5.41, 5.74) is 2.28. The number of aldehydes is 1. The fraction of sp³-hybridized carbons (Fsp3) is 0.0588. The summed E-state index contributed by atoms with van der Waals surface area (Å²) in [6, 6.07) is 11.0. The van der Waals surface area contributed by atoms with E-state index in [1.54, 1.807) is 12.1 Å². The van der Waals surface area contributed by atoms with Crippen LogP contribution in [0, 0.1) is 11.3 Å². The molecule has 24 heavy (non-hydrogen) atoms. The Morgan fingerprint density at radius 2 is 2.25 bits per heavy atom. The van der Waals surface area contributed by atoms with Crippen LogP contribution in [-0.2, 0) is 5.75 Å². The quantitative estimate of drug-likeness (QED) is 0.431. The maximum atomic E-state index is 12.1. The third-order valence-electron chi connectivity index (χ3n) is 3.27. The highest BCUT2D eigenvalue weighted by molar-refractivity contribution is 7.98. The van der Waals surface area contributed by atoms with Crippen LogP contribution in [0.5, 0.6) is 0 Å². The van der Waals surface area contributed by atoms with Crippen LogP contribution in [0.2, 0.25) is 0 Å². The highest BCUT2D eigenvalue weighted by Gasteiger charge is 2.14. The summed E-state index contributed by atoms with van der Waals surface area (Å²) in [5, 5.41) is 13.4. The van der Waals surface area contributed by atoms with Gasteiger partial charge in [0.15, 0.2) is 5.16 Å². The van der Waals surface area contributed by atoms with Gasteiger partial charge < -0.3 is 4.98 Å². The van der Waals surface area contributed by atoms with E-state index in [1.165, 1.54) is 23.1 Å². The highest BCUT2D eigenvalue weighted by Crippen LogP contribution is 2.25. The van der Waals surface area contributed by atoms with Gasteiger partial charge in [0, 0.05) is 22.3 Å². The number of benzene rings is 1. The molecule has 7 heteroatoms. The van der Waals surface area contributed by atoms with Gasteiger partial charge in [0.1, 0.15) is 17.9 Å². The summed E-state index contributed by atoms with van der Waals surface area (Å²) in [6.45, 7) is 0. The molecule has 0 saturated carbocycles. The molecule has 1 aromatic carbocycles. The SMILES string of the molecule is N#Cc1c(-c2ccsc2)nc(SCc2cccc(C=O)c2)[nH]c1=O. The van der Waals surface area contributed by atoms with Crippen molar-refractivity contribution in [3.8, 4) is 17.3 Å². The highest BCUT2D eigenvalue weighted by atomic mass is 32.2. The fourth-order valence-corrected chi connectivity index (χ4v) is 3.58. The standard InChI is InChI=1S/C17H11N3O2S2/c18-7-14-15(13-4-5-23-10-13)19-17(20-16(14)22)24-9-12-3-1-2-11(6-12)8-21/h1-6,8,10H,9H2,(H,19,20,22). The summed E-state index contributed by atoms with van der Waals surface area (Å²) in [4.78, 5) is 30.0. The third kappa shape index (κ3) is 3.45. The van der Waals surface area contributed by atoms with Crippen LogP contribution in [0.1, 0.15) is 21.5 Å². The molecular weight excluding hydrogens is 342 g/mol. The number of nitriles is 1. The normalized spacial score (nSPS) is 10.3. The van der Waals surface area contributed by atoms with E-state index in [1.807, 2.05) is 35.0 Å². The molecule has 0 radical (unpaired) electrons. The zero-order valence-electron chi connectivity index (χ0n) is 12.4. The van der Waals surface area contributed by atoms with Gasteiger partial charge in [0.05, 0.1) is 5.69 Å². The number of carbonyl (C=O) groups is 1. The molecule has 2 aromatic heterocycles. The van der Waals surface area contributed by atoms with Crippen molar-refractivity contribution >= 4 is 29.4 Å². The average Bonchev–Trinajstić information content (AvgIpc) is 3.14. The van der Waals surface area contributed by atoms with E-state index in [-0.39, 0.29) is 5.56 Å². The summed E-state index contributed by atoms with van der Waals surface area (Å²) in [7, 11) is 0. The molecule has 0 saturated heterocycles. The van der Waals surface area contributed by atoms with Crippen molar-refractivity contribution in [1.29, 1.82) is 5.26 Å². The Hall–Kier alpha value is -2.69. The predicted octanol–water partition coefficient (Wildman–Crippen LogP) is 3.47. The predicted molar refractivity (Wildman–Crippen MR) is 94.3 cm³/mol. The molecule has 0 unspecified atom stereocenters. The number of aromatic amines is 1. The van der Waals surface area contributed by atoms with E-state index in [9.17, 15) is 14.9 Å². The first-order valence-corrected chi connectivity index (χ1v) is 8.88. The largest absolute Gasteiger partial charge is 0.300 e. The summed E-state index contributed by atoms with van der Waals surface area (Å²) in [5.74, 6) is 0.555. The summed E-state index contributed by atoms with van der Waals surface area (Å²) >= 11 is 2.83. The smallest absolute Gasteiger partial charge is 0.270 e. The van der Waals surface area contributed by atoms with Gasteiger partial charge in [-0.2, -0.15) is 16.6 Å². The van der Waals surface area contributed by atoms with Crippen LogP contribution >= 0.6 is 23.1 Å². The molecular formula is C17H11N3O2S2. The lowest BCUT2D eigenvalue weighted by molar-refractivity contribution is 0.112. The number of H-pyrrole nitrogens is 1. The van der Waals surface area contributed by atoms with E-state index < -0.39 is 5.56 Å². The first-order chi connectivity index (χ1) is 11.7. The monoisotopic (exact) mass is 353 g/mol. The molecule has 0 aliphatic carbocycles. The van der Waals surface area contributed by atoms with Gasteiger partial charge in [-0.25, -0.2) is 4.98 Å². The zero-order chi connectivity index (χ0) is 16.9. The number of aromatic nitrogens is 2. The summed E-state index contributed by atoms with van der Waals surface area (Å²) < 4.78 is 0. The Morgan fingerprint density at radius 3 is 2.96 bits per heavy atom. The van der Waals surface area contributed by atoms with E-state index >= 15 is 0 Å². The van der Waals surface area contributed by atoms with Gasteiger partial charge in [0.25, 0.3) is 5.56 Å². The number of thiophene rings is 1. The molecule has 2 heterocycles. The number of nitrogens with one attached hydrogen (secondary N) is 1. The number of rotatable bonds is 5. The van der Waals surface area contributed by atoms with Crippen molar-refractivity contribution in [2.75, 3.05) is 0 Å². The van der Waals surface area contributed by atoms with Crippen molar-refractivity contribution in [2.24, 2.45) is 0 Å². The Bertz CT molecular complexity index is 972. The van der Waals surface area contributed by atoms with Crippen molar-refractivity contribution in [2.45, 2.75) is 10.9 Å². The Balaban J connectivity index is 1.90. The molecule has 118 valence electrons. The van der Waals surface area contributed by atoms with Gasteiger partial charge in [-0.05, 0) is 23.1 Å². The van der Waals surface area contributed by atoms with Crippen LogP contribution in [-0.4, -0.2) is 16.3 Å². The molecule has 0 amide bonds. The number of hydrogen-bond donors (Lipinski definition) is 1. The lowest BCUT2D eigenvalue weighted by atomic mass is 10.1. The van der Waals surface area contributed by atoms with Gasteiger partial charge in [-0.1, -0.05) is 30.0 Å². The van der Waals surface area contributed by atoms with E-state index in [4.69, 9.17) is 0 Å². The molecule has 0 fully saturated rings. The molecule has 5 nitrogen and oxygen atoms in total. The topological polar surface area (TPSA) is 86.6 Å². The molecule has 0 spiro atoms. The number of thioether (sulfide) groups is 1. The minimum atomic E-state index is -0.446. The van der Waals surface area contributed by atoms with Crippen molar-refractivity contribution < 1.29 is 4.79 Å². The lowest BCUT2D eigenvalue weighted by Crippen LogP contribution is -2.14. The third-order valence-corrected chi connectivity index (χ3v) is 4.89. The van der Waals surface area contributed by atoms with Gasteiger partial charge in [0.2, 0.25) is 0 Å². The maximum Gasteiger partial charge on any atom is 0.270 e. The molecule has 0 aliphatic heterocycles. The second-order valence-electron chi connectivity index (χ2n) is 4.87. The Morgan fingerprint density at radius 1 is 1.38 bits per heavy atom. The minimum Gasteiger partial charge on any atom is -0.300 e. The first kappa shape index (κ1) is 16.2. The molecule has 0 aliphatic rings. The molecule has 3 rings (SSSR count). The Labute approximate surface area is 146 Å². The lowest BCUT2D eigenvalue weighted by Gasteiger charge is -2.05. The van der Waals surface area contributed by atoms with Crippen LogP contribution < -0.4 is 5.56 Å². The van der Waals surface area contributed by atoms with Crippen LogP contribution in [0.25, 0.3) is 11.3 Å². The first-order valence-electron chi connectivity index (χ1n) is 6.95. The van der Waals surface area contributed by atoms with Crippen molar-refractivity contribution in [3.05, 3.63) is 68.1 Å². The van der Waals surface area contributed by atoms with Crippen LogP contribution in [0.4, 0.5) is 0 Å². The second kappa shape index (κ2) is 7.25. The van der Waals surface area contributed by atoms with E-state index in [0.29, 0.717) is 22.2 Å². The summed E-state index contributed by atoms with van der Waals surface area (Å²) in [6.07, 6.45) is 0.796. The molecule has 0 atom stereocenters. The minimum absolute atomic E-state index is 0.0145. The van der Waals surface area contributed by atoms with Gasteiger partial charge in [-0.3, -0.25) is 9.59 Å². The van der Waals surface area contributed by atoms with Gasteiger partial charge >= 0.3 is 0 Å². The van der Waals surface area contributed by atoms with Crippen molar-refractivity contribution in [1.82, 2.24) is 9.97 Å². The van der Waals surface area contributed by atoms with E-state index in [2.05, 4.69) is 9.97 Å². The maximum absolute atomic E-state index is 12.1. The molecule has 3 aromatic rings. The zero-order valence-corrected chi connectivity index (χ0v) is 14.0. The van der Waals surface area contributed by atoms with Gasteiger partial charge in [-0.15, -0.1) is 0 Å². The second-order valence-corrected chi connectivity index (χ2v) is 6.61. The van der Waals surface area contributed by atoms with E-state index in [0.717, 1.165) is 17.4 Å². The Kier molecular flexibility index (Phi) is 4.89. The van der Waals surface area contributed by atoms with Crippen LogP contribution in [0.15, 0.2) is 51.0 Å². The van der Waals surface area contributed by atoms with Crippen molar-refractivity contribution in [3.63, 3.8) is 0 Å². The molecule has 1 N–H and O–H groups in total. The number of nitrogens with zero attached hydrogens (tertiary/aromatic N) is 2. The fourth-order valence-electron chi connectivity index (χ4n) is 2.14. The average molecular weight is 353 g/mol. The molecule has 0 bridgehead atoms.